The minimum Gasteiger partial charge on any atom is -0.238 e. The molecule has 0 atom stereocenters. The highest BCUT2D eigenvalue weighted by atomic mass is 15.7. The normalized spacial score (nSPS) is 20.1. The summed E-state index contributed by atoms with van der Waals surface area (Å²) in [7, 11) is 0. The number of unbranched alkanes of at least 4 members (excludes halogenated alkanes) is 2. The van der Waals surface area contributed by atoms with Gasteiger partial charge in [0, 0.05) is 13.1 Å². The van der Waals surface area contributed by atoms with Gasteiger partial charge in [0.15, 0.2) is 0 Å². The van der Waals surface area contributed by atoms with Crippen LogP contribution in [0.15, 0.2) is 0 Å². The van der Waals surface area contributed by atoms with Crippen molar-refractivity contribution in [1.29, 1.82) is 0 Å². The molecule has 1 aliphatic rings. The lowest BCUT2D eigenvalue weighted by molar-refractivity contribution is 0.00403. The molecule has 0 aliphatic carbocycles. The summed E-state index contributed by atoms with van der Waals surface area (Å²) in [5, 5.41) is 4.51. The van der Waals surface area contributed by atoms with E-state index < -0.39 is 0 Å². The Kier molecular flexibility index (Phi) is 6.10. The van der Waals surface area contributed by atoms with Crippen molar-refractivity contribution in [2.24, 2.45) is 0 Å². The van der Waals surface area contributed by atoms with Crippen LogP contribution >= 0.6 is 0 Å². The van der Waals surface area contributed by atoms with Crippen molar-refractivity contribution in [3.05, 3.63) is 0 Å². The van der Waals surface area contributed by atoms with Crippen LogP contribution in [0.5, 0.6) is 0 Å². The van der Waals surface area contributed by atoms with Crippen LogP contribution in [0.1, 0.15) is 39.5 Å². The second-order valence-electron chi connectivity index (χ2n) is 3.87. The predicted molar refractivity (Wildman–Crippen MR) is 59.2 cm³/mol. The lowest BCUT2D eigenvalue weighted by atomic mass is 10.3. The number of rotatable bonds is 6. The topological polar surface area (TPSA) is 30.5 Å². The van der Waals surface area contributed by atoms with Gasteiger partial charge in [-0.2, -0.15) is 0 Å². The van der Waals surface area contributed by atoms with E-state index >= 15 is 0 Å². The third-order valence-corrected chi connectivity index (χ3v) is 2.53. The summed E-state index contributed by atoms with van der Waals surface area (Å²) in [6.07, 6.45) is 5.06. The Labute approximate surface area is 87.6 Å². The first-order valence-electron chi connectivity index (χ1n) is 5.83. The van der Waals surface area contributed by atoms with E-state index in [9.17, 15) is 0 Å². The lowest BCUT2D eigenvalue weighted by Gasteiger charge is -2.36. The first-order valence-corrected chi connectivity index (χ1v) is 5.83. The molecule has 0 aromatic rings. The van der Waals surface area contributed by atoms with Crippen LogP contribution in [0.2, 0.25) is 0 Å². The molecule has 0 bridgehead atoms. The van der Waals surface area contributed by atoms with Gasteiger partial charge in [-0.3, -0.25) is 0 Å². The molecule has 1 aliphatic heterocycles. The van der Waals surface area contributed by atoms with Gasteiger partial charge in [0.05, 0.1) is 13.3 Å². The smallest absolute Gasteiger partial charge is 0.0754 e. The molecule has 0 aromatic carbocycles. The third-order valence-electron chi connectivity index (χ3n) is 2.53. The van der Waals surface area contributed by atoms with Crippen LogP contribution in [-0.2, 0) is 0 Å². The van der Waals surface area contributed by atoms with Crippen molar-refractivity contribution in [2.45, 2.75) is 39.5 Å². The summed E-state index contributed by atoms with van der Waals surface area (Å²) in [4.78, 5) is 0. The highest BCUT2D eigenvalue weighted by molar-refractivity contribution is 4.58. The third kappa shape index (κ3) is 4.37. The van der Waals surface area contributed by atoms with Crippen LogP contribution in [0.3, 0.4) is 0 Å². The standard InChI is InChI=1S/C10H24N4/c1-3-5-7-13-9-12-14(10-11-13)8-6-4-2/h11-12H,3-10H2,1-2H3. The summed E-state index contributed by atoms with van der Waals surface area (Å²) in [5.74, 6) is 0. The van der Waals surface area contributed by atoms with Crippen molar-refractivity contribution >= 4 is 0 Å². The van der Waals surface area contributed by atoms with Crippen LogP contribution in [0.25, 0.3) is 0 Å². The van der Waals surface area contributed by atoms with Gasteiger partial charge in [0.1, 0.15) is 0 Å². The maximum Gasteiger partial charge on any atom is 0.0754 e. The van der Waals surface area contributed by atoms with Gasteiger partial charge in [-0.15, -0.1) is 0 Å². The number of hydrogen-bond acceptors (Lipinski definition) is 4. The van der Waals surface area contributed by atoms with Gasteiger partial charge in [0.2, 0.25) is 0 Å². The van der Waals surface area contributed by atoms with Crippen LogP contribution < -0.4 is 10.9 Å². The molecule has 14 heavy (non-hydrogen) atoms. The van der Waals surface area contributed by atoms with E-state index in [2.05, 4.69) is 34.7 Å². The molecule has 1 rings (SSSR count). The van der Waals surface area contributed by atoms with E-state index in [1.807, 2.05) is 0 Å². The second kappa shape index (κ2) is 7.17. The maximum absolute atomic E-state index is 3.41. The molecule has 1 saturated heterocycles. The summed E-state index contributed by atoms with van der Waals surface area (Å²) in [6.45, 7) is 8.61. The molecule has 1 heterocycles. The van der Waals surface area contributed by atoms with Gasteiger partial charge < -0.3 is 0 Å². The van der Waals surface area contributed by atoms with Gasteiger partial charge in [-0.25, -0.2) is 20.9 Å². The fourth-order valence-corrected chi connectivity index (χ4v) is 1.50. The maximum atomic E-state index is 3.41. The Morgan fingerprint density at radius 1 is 0.857 bits per heavy atom. The zero-order valence-corrected chi connectivity index (χ0v) is 9.55. The number of hydrogen-bond donors (Lipinski definition) is 2. The minimum atomic E-state index is 0.934. The fourth-order valence-electron chi connectivity index (χ4n) is 1.50. The van der Waals surface area contributed by atoms with Crippen LogP contribution in [0.4, 0.5) is 0 Å². The molecular formula is C10H24N4. The van der Waals surface area contributed by atoms with Gasteiger partial charge in [-0.05, 0) is 12.8 Å². The fraction of sp³-hybridized carbons (Fsp3) is 1.00. The molecule has 4 nitrogen and oxygen atoms in total. The number of hydrazine groups is 2. The van der Waals surface area contributed by atoms with Crippen molar-refractivity contribution in [3.63, 3.8) is 0 Å². The Morgan fingerprint density at radius 3 is 1.57 bits per heavy atom. The average molecular weight is 200 g/mol. The summed E-state index contributed by atoms with van der Waals surface area (Å²) in [6, 6.07) is 0. The summed E-state index contributed by atoms with van der Waals surface area (Å²) < 4.78 is 0. The highest BCUT2D eigenvalue weighted by Gasteiger charge is 2.13. The van der Waals surface area contributed by atoms with Crippen molar-refractivity contribution in [1.82, 2.24) is 20.9 Å². The molecule has 0 saturated carbocycles. The predicted octanol–water partition coefficient (Wildman–Crippen LogP) is 1.13. The Balaban J connectivity index is 2.05. The van der Waals surface area contributed by atoms with Gasteiger partial charge in [-0.1, -0.05) is 26.7 Å². The van der Waals surface area contributed by atoms with Crippen molar-refractivity contribution < 1.29 is 0 Å². The van der Waals surface area contributed by atoms with E-state index in [0.29, 0.717) is 0 Å². The molecule has 0 unspecified atom stereocenters. The molecule has 84 valence electrons. The second-order valence-corrected chi connectivity index (χ2v) is 3.87. The molecule has 1 fully saturated rings. The Bertz CT molecular complexity index is 116. The highest BCUT2D eigenvalue weighted by Crippen LogP contribution is 1.97. The van der Waals surface area contributed by atoms with Crippen LogP contribution in [0, 0.1) is 0 Å². The molecule has 2 N–H and O–H groups in total. The van der Waals surface area contributed by atoms with E-state index in [4.69, 9.17) is 0 Å². The Morgan fingerprint density at radius 2 is 1.29 bits per heavy atom. The Hall–Kier alpha value is -0.160. The van der Waals surface area contributed by atoms with Gasteiger partial charge >= 0.3 is 0 Å². The van der Waals surface area contributed by atoms with E-state index in [1.165, 1.54) is 25.7 Å². The zero-order chi connectivity index (χ0) is 10.2. The molecular weight excluding hydrogens is 176 g/mol. The number of nitrogens with one attached hydrogen (secondary N) is 2. The molecule has 0 aromatic heterocycles. The SMILES string of the molecule is CCCCN1CNN(CCCC)CN1. The summed E-state index contributed by atoms with van der Waals surface area (Å²) in [5.41, 5.74) is 6.82. The van der Waals surface area contributed by atoms with E-state index in [0.717, 1.165) is 26.4 Å². The zero-order valence-electron chi connectivity index (χ0n) is 9.55. The minimum absolute atomic E-state index is 0.934. The monoisotopic (exact) mass is 200 g/mol. The average Bonchev–Trinajstić information content (AvgIpc) is 2.25. The molecule has 0 spiro atoms. The van der Waals surface area contributed by atoms with Gasteiger partial charge in [0.25, 0.3) is 0 Å². The first-order chi connectivity index (χ1) is 6.86. The molecule has 4 heteroatoms. The largest absolute Gasteiger partial charge is 0.238 e. The lowest BCUT2D eigenvalue weighted by Crippen LogP contribution is -2.60. The van der Waals surface area contributed by atoms with E-state index in [-0.39, 0.29) is 0 Å². The first kappa shape index (κ1) is 11.9. The quantitative estimate of drug-likeness (QED) is 0.673. The molecule has 0 radical (unpaired) electrons. The molecule has 0 amide bonds. The van der Waals surface area contributed by atoms with Crippen molar-refractivity contribution in [2.75, 3.05) is 26.4 Å². The van der Waals surface area contributed by atoms with E-state index in [1.54, 1.807) is 0 Å². The number of nitrogens with zero attached hydrogens (tertiary/aromatic N) is 2. The summed E-state index contributed by atoms with van der Waals surface area (Å²) >= 11 is 0. The van der Waals surface area contributed by atoms with Crippen molar-refractivity contribution in [3.8, 4) is 0 Å². The van der Waals surface area contributed by atoms with Crippen LogP contribution in [-0.4, -0.2) is 36.4 Å².